The summed E-state index contributed by atoms with van der Waals surface area (Å²) in [6.07, 6.45) is 2.69. The molecule has 1 saturated heterocycles. The van der Waals surface area contributed by atoms with Gasteiger partial charge in [0, 0.05) is 26.1 Å². The van der Waals surface area contributed by atoms with Crippen LogP contribution in [0.5, 0.6) is 0 Å². The maximum absolute atomic E-state index is 12.1. The quantitative estimate of drug-likeness (QED) is 0.749. The van der Waals surface area contributed by atoms with Crippen molar-refractivity contribution in [2.45, 2.75) is 37.3 Å². The molecule has 0 spiro atoms. The van der Waals surface area contributed by atoms with E-state index in [1.165, 1.54) is 0 Å². The molecule has 1 amide bonds. The topological polar surface area (TPSA) is 45.5 Å². The van der Waals surface area contributed by atoms with Crippen LogP contribution >= 0.6 is 11.8 Å². The predicted molar refractivity (Wildman–Crippen MR) is 78.1 cm³/mol. The molecule has 0 aromatic carbocycles. The molecule has 1 aromatic rings. The molecule has 118 valence electrons. The third-order valence-electron chi connectivity index (χ3n) is 3.34. The van der Waals surface area contributed by atoms with Gasteiger partial charge in [0.2, 0.25) is 5.91 Å². The third-order valence-corrected chi connectivity index (χ3v) is 4.05. The first-order valence-electron chi connectivity index (χ1n) is 7.11. The number of carbonyl (C=O) groups is 1. The lowest BCUT2D eigenvalue weighted by Gasteiger charge is -2.14. The third kappa shape index (κ3) is 5.67. The highest BCUT2D eigenvalue weighted by Gasteiger charge is 2.16. The van der Waals surface area contributed by atoms with Crippen LogP contribution in [0.15, 0.2) is 16.5 Å². The number of nitrogens with zero attached hydrogens (tertiary/aromatic N) is 1. The number of alkyl halides is 2. The number of thioether (sulfide) groups is 1. The van der Waals surface area contributed by atoms with Crippen LogP contribution in [0.25, 0.3) is 0 Å². The summed E-state index contributed by atoms with van der Waals surface area (Å²) in [4.78, 5) is 13.7. The Kier molecular flexibility index (Phi) is 6.50. The Hall–Kier alpha value is -1.08. The van der Waals surface area contributed by atoms with Crippen LogP contribution in [0.2, 0.25) is 0 Å². The number of hydrogen-bond donors (Lipinski definition) is 1. The Morgan fingerprint density at radius 3 is 2.76 bits per heavy atom. The zero-order chi connectivity index (χ0) is 15.1. The van der Waals surface area contributed by atoms with Gasteiger partial charge in [-0.15, -0.1) is 0 Å². The van der Waals surface area contributed by atoms with Crippen LogP contribution in [0.3, 0.4) is 0 Å². The van der Waals surface area contributed by atoms with Crippen LogP contribution in [0, 0.1) is 0 Å². The van der Waals surface area contributed by atoms with E-state index in [-0.39, 0.29) is 11.7 Å². The fourth-order valence-electron chi connectivity index (χ4n) is 2.27. The zero-order valence-electron chi connectivity index (χ0n) is 11.8. The highest BCUT2D eigenvalue weighted by Crippen LogP contribution is 2.21. The van der Waals surface area contributed by atoms with Crippen molar-refractivity contribution in [3.05, 3.63) is 23.7 Å². The van der Waals surface area contributed by atoms with Gasteiger partial charge < -0.3 is 14.6 Å². The van der Waals surface area contributed by atoms with E-state index in [2.05, 4.69) is 5.32 Å². The smallest absolute Gasteiger partial charge is 0.284 e. The Balaban J connectivity index is 1.61. The first kappa shape index (κ1) is 16.3. The normalized spacial score (nSPS) is 15.1. The second kappa shape index (κ2) is 8.38. The summed E-state index contributed by atoms with van der Waals surface area (Å²) < 4.78 is 29.5. The number of carbonyl (C=O) groups excluding carboxylic acids is 1. The summed E-state index contributed by atoms with van der Waals surface area (Å²) in [5, 5.41) is 3.14. The van der Waals surface area contributed by atoms with Gasteiger partial charge in [0.05, 0.1) is 12.3 Å². The van der Waals surface area contributed by atoms with E-state index in [0.717, 1.165) is 25.9 Å². The van der Waals surface area contributed by atoms with Crippen molar-refractivity contribution in [1.29, 1.82) is 0 Å². The number of hydrogen-bond acceptors (Lipinski definition) is 4. The number of halogens is 2. The second-order valence-electron chi connectivity index (χ2n) is 4.95. The predicted octanol–water partition coefficient (Wildman–Crippen LogP) is 2.84. The summed E-state index contributed by atoms with van der Waals surface area (Å²) >= 11 is 0.546. The molecule has 4 nitrogen and oxygen atoms in total. The van der Waals surface area contributed by atoms with E-state index >= 15 is 0 Å². The summed E-state index contributed by atoms with van der Waals surface area (Å²) in [6, 6.07) is 3.48. The van der Waals surface area contributed by atoms with Crippen molar-refractivity contribution in [3.63, 3.8) is 0 Å². The second-order valence-corrected chi connectivity index (χ2v) is 5.93. The largest absolute Gasteiger partial charge is 0.464 e. The van der Waals surface area contributed by atoms with Gasteiger partial charge in [0.15, 0.2) is 0 Å². The van der Waals surface area contributed by atoms with Crippen molar-refractivity contribution in [2.75, 3.05) is 19.6 Å². The Morgan fingerprint density at radius 2 is 2.05 bits per heavy atom. The van der Waals surface area contributed by atoms with Gasteiger partial charge in [-0.05, 0) is 25.0 Å². The fraction of sp³-hybridized carbons (Fsp3) is 0.643. The molecule has 0 bridgehead atoms. The van der Waals surface area contributed by atoms with Gasteiger partial charge in [-0.2, -0.15) is 8.78 Å². The molecule has 1 aliphatic rings. The summed E-state index contributed by atoms with van der Waals surface area (Å²) in [5.41, 5.74) is 0. The van der Waals surface area contributed by atoms with Gasteiger partial charge in [-0.3, -0.25) is 4.79 Å². The van der Waals surface area contributed by atoms with E-state index < -0.39 is 5.76 Å². The van der Waals surface area contributed by atoms with Crippen LogP contribution in [0.4, 0.5) is 8.78 Å². The summed E-state index contributed by atoms with van der Waals surface area (Å²) in [6.45, 7) is 2.86. The van der Waals surface area contributed by atoms with Crippen molar-refractivity contribution in [2.24, 2.45) is 0 Å². The van der Waals surface area contributed by atoms with E-state index in [9.17, 15) is 13.6 Å². The Bertz CT molecular complexity index is 448. The van der Waals surface area contributed by atoms with Gasteiger partial charge in [-0.1, -0.05) is 11.8 Å². The molecule has 0 unspecified atom stereocenters. The Labute approximate surface area is 127 Å². The molecular formula is C14H20F2N2O2S. The lowest BCUT2D eigenvalue weighted by molar-refractivity contribution is -0.130. The lowest BCUT2D eigenvalue weighted by Crippen LogP contribution is -2.30. The van der Waals surface area contributed by atoms with Crippen molar-refractivity contribution < 1.29 is 18.0 Å². The molecule has 0 saturated carbocycles. The first-order chi connectivity index (χ1) is 10.1. The SMILES string of the molecule is O=C(CCNCc1ccc(CSC(F)F)o1)N1CCCC1. The van der Waals surface area contributed by atoms with E-state index in [0.29, 0.717) is 42.8 Å². The monoisotopic (exact) mass is 318 g/mol. The summed E-state index contributed by atoms with van der Waals surface area (Å²) in [5.74, 6) is -0.772. The fourth-order valence-corrected chi connectivity index (χ4v) is 2.72. The number of nitrogens with one attached hydrogen (secondary N) is 1. The molecule has 1 fully saturated rings. The van der Waals surface area contributed by atoms with Gasteiger partial charge in [0.1, 0.15) is 11.5 Å². The molecule has 1 aromatic heterocycles. The van der Waals surface area contributed by atoms with E-state index in [1.807, 2.05) is 4.90 Å². The van der Waals surface area contributed by atoms with Gasteiger partial charge >= 0.3 is 0 Å². The highest BCUT2D eigenvalue weighted by atomic mass is 32.2. The first-order valence-corrected chi connectivity index (χ1v) is 8.16. The number of rotatable bonds is 8. The van der Waals surface area contributed by atoms with Crippen molar-refractivity contribution in [3.8, 4) is 0 Å². The lowest BCUT2D eigenvalue weighted by atomic mass is 10.3. The Morgan fingerprint density at radius 1 is 1.33 bits per heavy atom. The molecule has 0 atom stereocenters. The molecule has 2 rings (SSSR count). The molecular weight excluding hydrogens is 298 g/mol. The summed E-state index contributed by atoms with van der Waals surface area (Å²) in [7, 11) is 0. The van der Waals surface area contributed by atoms with Crippen LogP contribution in [-0.2, 0) is 17.1 Å². The maximum atomic E-state index is 12.1. The maximum Gasteiger partial charge on any atom is 0.284 e. The number of furan rings is 1. The van der Waals surface area contributed by atoms with Gasteiger partial charge in [0.25, 0.3) is 5.76 Å². The van der Waals surface area contributed by atoms with Crippen molar-refractivity contribution in [1.82, 2.24) is 10.2 Å². The molecule has 0 radical (unpaired) electrons. The highest BCUT2D eigenvalue weighted by molar-refractivity contribution is 7.98. The zero-order valence-corrected chi connectivity index (χ0v) is 12.6. The van der Waals surface area contributed by atoms with E-state index in [1.54, 1.807) is 12.1 Å². The minimum absolute atomic E-state index is 0.172. The molecule has 2 heterocycles. The standard InChI is InChI=1S/C14H20F2N2O2S/c15-14(16)21-10-12-4-3-11(20-12)9-17-6-5-13(19)18-7-1-2-8-18/h3-4,14,17H,1-2,5-10H2. The minimum Gasteiger partial charge on any atom is -0.464 e. The van der Waals surface area contributed by atoms with Crippen LogP contribution in [0.1, 0.15) is 30.8 Å². The van der Waals surface area contributed by atoms with Crippen molar-refractivity contribution >= 4 is 17.7 Å². The van der Waals surface area contributed by atoms with Gasteiger partial charge in [-0.25, -0.2) is 0 Å². The van der Waals surface area contributed by atoms with E-state index in [4.69, 9.17) is 4.42 Å². The molecule has 7 heteroatoms. The number of likely N-dealkylation sites (tertiary alicyclic amines) is 1. The van der Waals surface area contributed by atoms with Crippen LogP contribution < -0.4 is 5.32 Å². The average molecular weight is 318 g/mol. The van der Waals surface area contributed by atoms with Crippen LogP contribution in [-0.4, -0.2) is 36.2 Å². The molecule has 1 N–H and O–H groups in total. The minimum atomic E-state index is -2.38. The average Bonchev–Trinajstić information content (AvgIpc) is 3.12. The number of amides is 1. The molecule has 21 heavy (non-hydrogen) atoms. The molecule has 0 aliphatic carbocycles. The molecule has 1 aliphatic heterocycles.